The van der Waals surface area contributed by atoms with Crippen LogP contribution in [0, 0.1) is 13.8 Å². The summed E-state index contributed by atoms with van der Waals surface area (Å²) in [5.41, 5.74) is 13.7. The van der Waals surface area contributed by atoms with Crippen LogP contribution in [0.4, 0.5) is 0 Å². The monoisotopic (exact) mass is 672 g/mol. The van der Waals surface area contributed by atoms with Gasteiger partial charge in [0.05, 0.1) is 36.0 Å². The Morgan fingerprint density at radius 3 is 1.87 bits per heavy atom. The Morgan fingerprint density at radius 1 is 0.702 bits per heavy atom. The standard InChI is InChI=1S/C38H40N4O4.Fe/c1-9-25-21(5)29-17-30-23(7)27(13-15-37(43)45-11-3)35(41-30)20-36-28(14-16-38(44)46-12-4)24(8)32(42-36)19-34-26(10-2)22(6)31(40-34)18-33(25)39-29;/h9-10,17-20H,1-2,11-16H2,3-8H3;/q-2;+2. The van der Waals surface area contributed by atoms with Crippen molar-refractivity contribution in [1.29, 1.82) is 0 Å². The van der Waals surface area contributed by atoms with Crippen LogP contribution in [0.3, 0.4) is 0 Å². The van der Waals surface area contributed by atoms with Crippen molar-refractivity contribution < 1.29 is 36.1 Å². The van der Waals surface area contributed by atoms with Crippen LogP contribution in [-0.4, -0.2) is 35.1 Å². The van der Waals surface area contributed by atoms with Crippen LogP contribution < -0.4 is 9.97 Å². The number of aryl methyl sites for hydroxylation is 3. The number of fused-ring (bicyclic) bond motifs is 8. The van der Waals surface area contributed by atoms with Crippen LogP contribution in [0.2, 0.25) is 0 Å². The van der Waals surface area contributed by atoms with E-state index in [0.717, 1.165) is 89.4 Å². The van der Waals surface area contributed by atoms with Crippen LogP contribution in [0.1, 0.15) is 92.0 Å². The summed E-state index contributed by atoms with van der Waals surface area (Å²) < 4.78 is 10.5. The topological polar surface area (TPSA) is 107 Å². The molecule has 8 bridgehead atoms. The van der Waals surface area contributed by atoms with Crippen LogP contribution in [0.5, 0.6) is 0 Å². The molecule has 0 atom stereocenters. The zero-order valence-electron chi connectivity index (χ0n) is 27.9. The Balaban J connectivity index is 0.00000500. The van der Waals surface area contributed by atoms with Crippen LogP contribution in [0.15, 0.2) is 43.5 Å². The average molecular weight is 673 g/mol. The van der Waals surface area contributed by atoms with Crippen LogP contribution in [0.25, 0.3) is 50.4 Å². The van der Waals surface area contributed by atoms with Gasteiger partial charge in [0, 0.05) is 18.4 Å². The molecule has 2 aliphatic rings. The first kappa shape index (κ1) is 35.4. The normalized spacial score (nSPS) is 12.6. The first-order chi connectivity index (χ1) is 22.1. The van der Waals surface area contributed by atoms with Gasteiger partial charge in [-0.05, 0) is 76.7 Å². The molecular formula is C38H40FeN4O4. The predicted octanol–water partition coefficient (Wildman–Crippen LogP) is 7.72. The maximum atomic E-state index is 12.4. The first-order valence-electron chi connectivity index (χ1n) is 15.7. The molecule has 0 amide bonds. The molecule has 0 fully saturated rings. The quantitative estimate of drug-likeness (QED) is 0.159. The fourth-order valence-electron chi connectivity index (χ4n) is 6.07. The van der Waals surface area contributed by atoms with E-state index in [1.807, 2.05) is 64.1 Å². The average Bonchev–Trinajstić information content (AvgIpc) is 3.68. The minimum atomic E-state index is -0.259. The molecule has 0 unspecified atom stereocenters. The van der Waals surface area contributed by atoms with Crippen molar-refractivity contribution in [3.63, 3.8) is 0 Å². The van der Waals surface area contributed by atoms with Gasteiger partial charge in [-0.1, -0.05) is 66.3 Å². The fraction of sp³-hybridized carbons (Fsp3) is 0.316. The van der Waals surface area contributed by atoms with Gasteiger partial charge in [0.15, 0.2) is 0 Å². The minimum absolute atomic E-state index is 0. The molecule has 0 aromatic carbocycles. The van der Waals surface area contributed by atoms with Gasteiger partial charge >= 0.3 is 29.0 Å². The second-order valence-corrected chi connectivity index (χ2v) is 11.4. The van der Waals surface area contributed by atoms with Crippen molar-refractivity contribution in [2.75, 3.05) is 13.2 Å². The van der Waals surface area contributed by atoms with Gasteiger partial charge in [0.2, 0.25) is 0 Å². The summed E-state index contributed by atoms with van der Waals surface area (Å²) in [6, 6.07) is 7.92. The molecule has 5 heterocycles. The third kappa shape index (κ3) is 7.11. The van der Waals surface area contributed by atoms with Gasteiger partial charge in [-0.15, -0.1) is 22.1 Å². The molecule has 2 aliphatic heterocycles. The molecule has 0 aliphatic carbocycles. The molecule has 0 saturated carbocycles. The summed E-state index contributed by atoms with van der Waals surface area (Å²) in [6.07, 6.45) is 5.01. The number of aromatic nitrogens is 4. The summed E-state index contributed by atoms with van der Waals surface area (Å²) in [4.78, 5) is 44.9. The molecular weight excluding hydrogens is 632 g/mol. The van der Waals surface area contributed by atoms with E-state index in [9.17, 15) is 9.59 Å². The van der Waals surface area contributed by atoms with Crippen molar-refractivity contribution in [3.05, 3.63) is 88.5 Å². The zero-order valence-corrected chi connectivity index (χ0v) is 29.0. The molecule has 3 aromatic rings. The van der Waals surface area contributed by atoms with E-state index < -0.39 is 0 Å². The summed E-state index contributed by atoms with van der Waals surface area (Å²) in [5.74, 6) is -0.517. The van der Waals surface area contributed by atoms with Crippen molar-refractivity contribution in [3.8, 4) is 0 Å². The van der Waals surface area contributed by atoms with E-state index in [0.29, 0.717) is 26.1 Å². The van der Waals surface area contributed by atoms with Crippen LogP contribution >= 0.6 is 0 Å². The maximum absolute atomic E-state index is 12.4. The predicted molar refractivity (Wildman–Crippen MR) is 184 cm³/mol. The van der Waals surface area contributed by atoms with Crippen molar-refractivity contribution in [2.24, 2.45) is 0 Å². The molecule has 3 aromatic heterocycles. The molecule has 9 heteroatoms. The number of allylic oxidation sites excluding steroid dienone is 5. The van der Waals surface area contributed by atoms with Crippen molar-refractivity contribution in [2.45, 2.75) is 67.2 Å². The number of ether oxygens (including phenoxy) is 2. The number of nitrogens with zero attached hydrogens (tertiary/aromatic N) is 4. The largest absolute Gasteiger partial charge is 2.00 e. The number of hydrogen-bond acceptors (Lipinski definition) is 6. The summed E-state index contributed by atoms with van der Waals surface area (Å²) in [7, 11) is 0. The molecule has 0 radical (unpaired) electrons. The third-order valence-electron chi connectivity index (χ3n) is 8.65. The third-order valence-corrected chi connectivity index (χ3v) is 8.65. The van der Waals surface area contributed by atoms with Gasteiger partial charge in [0.25, 0.3) is 0 Å². The number of hydrogen-bond donors (Lipinski definition) is 0. The molecule has 244 valence electrons. The van der Waals surface area contributed by atoms with Crippen molar-refractivity contribution >= 4 is 62.4 Å². The first-order valence-corrected chi connectivity index (χ1v) is 15.7. The van der Waals surface area contributed by atoms with E-state index in [-0.39, 0.29) is 41.8 Å². The van der Waals surface area contributed by atoms with Gasteiger partial charge in [0.1, 0.15) is 0 Å². The molecule has 0 saturated heterocycles. The van der Waals surface area contributed by atoms with Gasteiger partial charge < -0.3 is 19.4 Å². The van der Waals surface area contributed by atoms with Gasteiger partial charge in [-0.2, -0.15) is 0 Å². The minimum Gasteiger partial charge on any atom is -0.657 e. The molecule has 8 nitrogen and oxygen atoms in total. The molecule has 0 spiro atoms. The number of esters is 2. The SMILES string of the molecule is C=CC1=C(C)c2cc3[n-]c(cc4nc(cc5[n-]c(cc1n2)c(C)c5CCC(=O)OCC)C(CCC(=O)OCC)=C4C)c(C)c3C=C.[Fe+2]. The maximum Gasteiger partial charge on any atom is 2.00 e. The second-order valence-electron chi connectivity index (χ2n) is 11.4. The Bertz CT molecular complexity index is 1990. The Labute approximate surface area is 286 Å². The van der Waals surface area contributed by atoms with Gasteiger partial charge in [-0.3, -0.25) is 9.59 Å². The van der Waals surface area contributed by atoms with Gasteiger partial charge in [-0.25, -0.2) is 9.97 Å². The summed E-state index contributed by atoms with van der Waals surface area (Å²) >= 11 is 0. The van der Waals surface area contributed by atoms with E-state index in [1.54, 1.807) is 13.8 Å². The van der Waals surface area contributed by atoms with E-state index in [4.69, 9.17) is 29.4 Å². The Hall–Kier alpha value is -4.46. The molecule has 47 heavy (non-hydrogen) atoms. The smallest absolute Gasteiger partial charge is 0.657 e. The van der Waals surface area contributed by atoms with E-state index in [2.05, 4.69) is 13.2 Å². The van der Waals surface area contributed by atoms with E-state index in [1.165, 1.54) is 0 Å². The summed E-state index contributed by atoms with van der Waals surface area (Å²) in [5, 5.41) is 0. The number of carbonyl (C=O) groups excluding carboxylic acids is 2. The van der Waals surface area contributed by atoms with Crippen molar-refractivity contribution in [1.82, 2.24) is 19.9 Å². The number of rotatable bonds is 10. The van der Waals surface area contributed by atoms with E-state index >= 15 is 0 Å². The summed E-state index contributed by atoms with van der Waals surface area (Å²) in [6.45, 7) is 20.5. The Morgan fingerprint density at radius 2 is 1.23 bits per heavy atom. The fourth-order valence-corrected chi connectivity index (χ4v) is 6.07. The zero-order chi connectivity index (χ0) is 33.1. The van der Waals surface area contributed by atoms with Crippen LogP contribution in [-0.2, 0) is 42.6 Å². The Kier molecular flexibility index (Phi) is 11.3. The number of carbonyl (C=O) groups is 2. The molecule has 5 rings (SSSR count). The second kappa shape index (κ2) is 15.0. The molecule has 0 N–H and O–H groups in total.